The molecule has 2 atom stereocenters. The van der Waals surface area contributed by atoms with E-state index < -0.39 is 12.1 Å². The number of carbonyl (C=O) groups is 2. The molecule has 0 aliphatic carbocycles. The van der Waals surface area contributed by atoms with E-state index in [4.69, 9.17) is 4.74 Å². The Hall–Kier alpha value is -1.14. The zero-order chi connectivity index (χ0) is 41.5. The summed E-state index contributed by atoms with van der Waals surface area (Å²) < 4.78 is 5.46. The Balaban J connectivity index is 3.41. The van der Waals surface area contributed by atoms with Crippen LogP contribution in [0.3, 0.4) is 0 Å². The minimum Gasteiger partial charge on any atom is -0.466 e. The Labute approximate surface area is 356 Å². The van der Waals surface area contributed by atoms with Crippen molar-refractivity contribution in [3.63, 3.8) is 0 Å². The average molecular weight is 808 g/mol. The summed E-state index contributed by atoms with van der Waals surface area (Å²) in [5.41, 5.74) is 0. The van der Waals surface area contributed by atoms with E-state index in [0.717, 1.165) is 44.9 Å². The highest BCUT2D eigenvalue weighted by Gasteiger charge is 2.20. The number of hydrogen-bond acceptors (Lipinski definition) is 5. The van der Waals surface area contributed by atoms with Crippen LogP contribution in [0.4, 0.5) is 0 Å². The first-order valence-corrected chi connectivity index (χ1v) is 25.8. The van der Waals surface area contributed by atoms with Gasteiger partial charge in [0.2, 0.25) is 5.91 Å². The quantitative estimate of drug-likeness (QED) is 0.0420. The Bertz CT molecular complexity index is 806. The van der Waals surface area contributed by atoms with E-state index in [-0.39, 0.29) is 18.5 Å². The van der Waals surface area contributed by atoms with Crippen LogP contribution in [0.5, 0.6) is 0 Å². The van der Waals surface area contributed by atoms with E-state index in [1.807, 2.05) is 0 Å². The fourth-order valence-corrected chi connectivity index (χ4v) is 8.17. The van der Waals surface area contributed by atoms with Gasteiger partial charge >= 0.3 is 5.97 Å². The fourth-order valence-electron chi connectivity index (χ4n) is 8.17. The summed E-state index contributed by atoms with van der Waals surface area (Å²) in [5, 5.41) is 23.2. The van der Waals surface area contributed by atoms with Crippen molar-refractivity contribution in [1.82, 2.24) is 5.32 Å². The van der Waals surface area contributed by atoms with Crippen LogP contribution in [0, 0.1) is 0 Å². The Morgan fingerprint density at radius 3 is 1.07 bits per heavy atom. The average Bonchev–Trinajstić information content (AvgIpc) is 3.21. The molecule has 340 valence electrons. The monoisotopic (exact) mass is 808 g/mol. The highest BCUT2D eigenvalue weighted by Crippen LogP contribution is 2.17. The summed E-state index contributed by atoms with van der Waals surface area (Å²) >= 11 is 0. The maximum atomic E-state index is 12.4. The first kappa shape index (κ1) is 55.9. The van der Waals surface area contributed by atoms with Crippen molar-refractivity contribution >= 4 is 11.9 Å². The van der Waals surface area contributed by atoms with Crippen LogP contribution in [0.25, 0.3) is 0 Å². The number of carbonyl (C=O) groups excluding carboxylic acids is 2. The topological polar surface area (TPSA) is 95.9 Å². The van der Waals surface area contributed by atoms with Crippen molar-refractivity contribution < 1.29 is 24.5 Å². The normalized spacial score (nSPS) is 12.6. The van der Waals surface area contributed by atoms with E-state index in [1.54, 1.807) is 0 Å². The summed E-state index contributed by atoms with van der Waals surface area (Å²) in [4.78, 5) is 24.4. The molecular weight excluding hydrogens is 707 g/mol. The number of unbranched alkanes of at least 4 members (excludes halogenated alkanes) is 37. The molecule has 0 saturated heterocycles. The van der Waals surface area contributed by atoms with E-state index in [1.165, 1.54) is 212 Å². The molecule has 6 nitrogen and oxygen atoms in total. The van der Waals surface area contributed by atoms with Gasteiger partial charge in [-0.25, -0.2) is 0 Å². The van der Waals surface area contributed by atoms with Gasteiger partial charge in [0.15, 0.2) is 0 Å². The van der Waals surface area contributed by atoms with Crippen LogP contribution in [-0.2, 0) is 14.3 Å². The molecule has 0 aromatic rings. The lowest BCUT2D eigenvalue weighted by Crippen LogP contribution is -2.45. The Morgan fingerprint density at radius 2 is 0.719 bits per heavy atom. The van der Waals surface area contributed by atoms with Gasteiger partial charge in [0, 0.05) is 12.8 Å². The number of aliphatic hydroxyl groups is 2. The zero-order valence-corrected chi connectivity index (χ0v) is 38.6. The lowest BCUT2D eigenvalue weighted by molar-refractivity contribution is -0.143. The number of aliphatic hydroxyl groups excluding tert-OH is 2. The first-order chi connectivity index (χ1) is 28.0. The molecule has 0 aliphatic heterocycles. The molecule has 0 aliphatic rings. The fraction of sp³-hybridized carbons (Fsp3) is 0.961. The second-order valence-corrected chi connectivity index (χ2v) is 17.9. The number of ether oxygens (including phenoxy) is 1. The molecule has 0 radical (unpaired) electrons. The van der Waals surface area contributed by atoms with Crippen LogP contribution in [0.1, 0.15) is 290 Å². The van der Waals surface area contributed by atoms with Crippen LogP contribution >= 0.6 is 0 Å². The smallest absolute Gasteiger partial charge is 0.305 e. The van der Waals surface area contributed by atoms with Gasteiger partial charge in [-0.3, -0.25) is 9.59 Å². The molecular formula is C51H101NO5. The SMILES string of the molecule is CCCCCCCCCCCCCCCC(=O)OCCCCCCCCCCCCCCCCCC(=O)NC(CO)C(O)CCCCCCCCCCCCCC. The first-order valence-electron chi connectivity index (χ1n) is 25.8. The van der Waals surface area contributed by atoms with Crippen molar-refractivity contribution in [3.05, 3.63) is 0 Å². The van der Waals surface area contributed by atoms with Crippen molar-refractivity contribution in [1.29, 1.82) is 0 Å². The second-order valence-electron chi connectivity index (χ2n) is 17.9. The van der Waals surface area contributed by atoms with Crippen molar-refractivity contribution in [2.75, 3.05) is 13.2 Å². The van der Waals surface area contributed by atoms with E-state index in [9.17, 15) is 19.8 Å². The minimum atomic E-state index is -0.667. The van der Waals surface area contributed by atoms with Gasteiger partial charge in [-0.2, -0.15) is 0 Å². The van der Waals surface area contributed by atoms with E-state index in [2.05, 4.69) is 19.2 Å². The Kier molecular flexibility index (Phi) is 46.6. The molecule has 2 unspecified atom stereocenters. The molecule has 0 aromatic heterocycles. The molecule has 0 spiro atoms. The summed E-state index contributed by atoms with van der Waals surface area (Å²) in [5.74, 6) is -0.0401. The van der Waals surface area contributed by atoms with E-state index >= 15 is 0 Å². The third kappa shape index (κ3) is 44.2. The van der Waals surface area contributed by atoms with Crippen LogP contribution < -0.4 is 5.32 Å². The number of nitrogens with one attached hydrogen (secondary N) is 1. The zero-order valence-electron chi connectivity index (χ0n) is 38.6. The summed E-state index contributed by atoms with van der Waals surface area (Å²) in [7, 11) is 0. The highest BCUT2D eigenvalue weighted by atomic mass is 16.5. The predicted octanol–water partition coefficient (Wildman–Crippen LogP) is 15.2. The molecule has 0 bridgehead atoms. The van der Waals surface area contributed by atoms with Crippen LogP contribution in [0.15, 0.2) is 0 Å². The summed E-state index contributed by atoms with van der Waals surface area (Å²) in [6.45, 7) is 4.94. The van der Waals surface area contributed by atoms with Gasteiger partial charge < -0.3 is 20.3 Å². The minimum absolute atomic E-state index is 0.00260. The molecule has 6 heteroatoms. The van der Waals surface area contributed by atoms with Gasteiger partial charge in [0.05, 0.1) is 25.4 Å². The van der Waals surface area contributed by atoms with Gasteiger partial charge in [-0.1, -0.05) is 251 Å². The Morgan fingerprint density at radius 1 is 0.421 bits per heavy atom. The molecule has 1 amide bonds. The predicted molar refractivity (Wildman–Crippen MR) is 246 cm³/mol. The van der Waals surface area contributed by atoms with Gasteiger partial charge in [-0.15, -0.1) is 0 Å². The van der Waals surface area contributed by atoms with Gasteiger partial charge in [0.1, 0.15) is 0 Å². The van der Waals surface area contributed by atoms with Crippen molar-refractivity contribution in [2.45, 2.75) is 302 Å². The maximum absolute atomic E-state index is 12.4. The molecule has 0 heterocycles. The largest absolute Gasteiger partial charge is 0.466 e. The van der Waals surface area contributed by atoms with Gasteiger partial charge in [-0.05, 0) is 25.7 Å². The van der Waals surface area contributed by atoms with Crippen LogP contribution in [0.2, 0.25) is 0 Å². The molecule has 0 aromatic carbocycles. The lowest BCUT2D eigenvalue weighted by atomic mass is 10.0. The van der Waals surface area contributed by atoms with Crippen molar-refractivity contribution in [2.24, 2.45) is 0 Å². The maximum Gasteiger partial charge on any atom is 0.305 e. The second kappa shape index (κ2) is 47.5. The molecule has 0 fully saturated rings. The number of esters is 1. The number of rotatable bonds is 48. The lowest BCUT2D eigenvalue weighted by Gasteiger charge is -2.22. The third-order valence-electron chi connectivity index (χ3n) is 12.2. The summed E-state index contributed by atoms with van der Waals surface area (Å²) in [6, 6.07) is -0.545. The molecule has 0 rings (SSSR count). The standard InChI is InChI=1S/C51H101NO5/c1-3-5-7-9-11-13-15-20-25-29-33-37-41-45-51(56)57-46-42-38-34-30-26-22-19-17-18-21-24-28-32-36-40-44-50(55)52-48(47-53)49(54)43-39-35-31-27-23-16-14-12-10-8-6-4-2/h48-49,53-54H,3-47H2,1-2H3,(H,52,55). The van der Waals surface area contributed by atoms with Crippen molar-refractivity contribution in [3.8, 4) is 0 Å². The van der Waals surface area contributed by atoms with E-state index in [0.29, 0.717) is 25.9 Å². The number of hydrogen-bond donors (Lipinski definition) is 3. The number of amides is 1. The third-order valence-corrected chi connectivity index (χ3v) is 12.2. The highest BCUT2D eigenvalue weighted by molar-refractivity contribution is 5.76. The molecule has 0 saturated carbocycles. The van der Waals surface area contributed by atoms with Gasteiger partial charge in [0.25, 0.3) is 0 Å². The molecule has 57 heavy (non-hydrogen) atoms. The summed E-state index contributed by atoms with van der Waals surface area (Å²) in [6.07, 6.45) is 52.1. The van der Waals surface area contributed by atoms with Crippen LogP contribution in [-0.4, -0.2) is 47.4 Å². The molecule has 3 N–H and O–H groups in total.